The fourth-order valence-electron chi connectivity index (χ4n) is 5.61. The lowest BCUT2D eigenvalue weighted by Crippen LogP contribution is -2.49. The van der Waals surface area contributed by atoms with E-state index in [0.717, 1.165) is 37.3 Å². The molecule has 3 aliphatic rings. The van der Waals surface area contributed by atoms with Gasteiger partial charge in [-0.3, -0.25) is 4.99 Å². The maximum absolute atomic E-state index is 4.64. The zero-order valence-corrected chi connectivity index (χ0v) is 22.9. The van der Waals surface area contributed by atoms with Crippen molar-refractivity contribution < 1.29 is 0 Å². The van der Waals surface area contributed by atoms with Crippen molar-refractivity contribution in [2.75, 3.05) is 44.7 Å². The number of hydrogen-bond donors (Lipinski definition) is 2. The van der Waals surface area contributed by atoms with Crippen LogP contribution in [0.2, 0.25) is 0 Å². The number of nitrogens with zero attached hydrogens (tertiary/aromatic N) is 4. The molecule has 6 nitrogen and oxygen atoms in total. The molecule has 4 rings (SSSR count). The number of guanidine groups is 1. The van der Waals surface area contributed by atoms with E-state index in [2.05, 4.69) is 42.5 Å². The molecule has 7 heteroatoms. The van der Waals surface area contributed by atoms with Gasteiger partial charge in [-0.2, -0.15) is 0 Å². The number of piperidine rings is 1. The van der Waals surface area contributed by atoms with E-state index in [0.29, 0.717) is 6.04 Å². The summed E-state index contributed by atoms with van der Waals surface area (Å²) in [5.41, 5.74) is 1.27. The van der Waals surface area contributed by atoms with Gasteiger partial charge in [0.15, 0.2) is 5.96 Å². The predicted molar refractivity (Wildman–Crippen MR) is 150 cm³/mol. The summed E-state index contributed by atoms with van der Waals surface area (Å²) < 4.78 is 0. The molecule has 33 heavy (non-hydrogen) atoms. The Kier molecular flexibility index (Phi) is 11.5. The Labute approximate surface area is 218 Å². The molecule has 0 unspecified atom stereocenters. The Morgan fingerprint density at radius 3 is 2.36 bits per heavy atom. The van der Waals surface area contributed by atoms with Crippen LogP contribution in [0.5, 0.6) is 0 Å². The molecule has 1 aromatic rings. The van der Waals surface area contributed by atoms with Crippen molar-refractivity contribution in [3.8, 4) is 0 Å². The summed E-state index contributed by atoms with van der Waals surface area (Å²) in [7, 11) is 1.88. The van der Waals surface area contributed by atoms with Crippen LogP contribution in [0.3, 0.4) is 0 Å². The van der Waals surface area contributed by atoms with E-state index in [4.69, 9.17) is 0 Å². The molecule has 0 amide bonds. The minimum atomic E-state index is 0. The molecular formula is C26H45IN6. The van der Waals surface area contributed by atoms with Crippen molar-refractivity contribution in [2.24, 2.45) is 10.9 Å². The van der Waals surface area contributed by atoms with Crippen LogP contribution < -0.4 is 15.5 Å². The molecule has 1 aromatic heterocycles. The van der Waals surface area contributed by atoms with Crippen LogP contribution in [0, 0.1) is 5.92 Å². The van der Waals surface area contributed by atoms with E-state index in [1.54, 1.807) is 0 Å². The highest BCUT2D eigenvalue weighted by Gasteiger charge is 2.23. The second-order valence-electron chi connectivity index (χ2n) is 10.1. The number of nitrogens with one attached hydrogen (secondary N) is 2. The van der Waals surface area contributed by atoms with Crippen LogP contribution >= 0.6 is 24.0 Å². The predicted octanol–water partition coefficient (Wildman–Crippen LogP) is 4.79. The molecule has 3 heterocycles. The maximum Gasteiger partial charge on any atom is 0.191 e. The molecule has 186 valence electrons. The molecule has 1 aliphatic carbocycles. The molecular weight excluding hydrogens is 523 g/mol. The van der Waals surface area contributed by atoms with Gasteiger partial charge in [0.2, 0.25) is 0 Å². The summed E-state index contributed by atoms with van der Waals surface area (Å²) >= 11 is 0. The Morgan fingerprint density at radius 2 is 1.67 bits per heavy atom. The highest BCUT2D eigenvalue weighted by atomic mass is 127. The van der Waals surface area contributed by atoms with Crippen LogP contribution in [-0.2, 0) is 6.54 Å². The van der Waals surface area contributed by atoms with Gasteiger partial charge in [-0.25, -0.2) is 4.98 Å². The molecule has 2 aliphatic heterocycles. The summed E-state index contributed by atoms with van der Waals surface area (Å²) in [6, 6.07) is 4.88. The van der Waals surface area contributed by atoms with Crippen LogP contribution in [0.1, 0.15) is 76.2 Å². The lowest BCUT2D eigenvalue weighted by atomic mass is 9.88. The minimum Gasteiger partial charge on any atom is -0.357 e. The first-order valence-corrected chi connectivity index (χ1v) is 13.2. The number of hydrogen-bond acceptors (Lipinski definition) is 4. The number of halogens is 1. The van der Waals surface area contributed by atoms with Gasteiger partial charge in [0, 0.05) is 58.6 Å². The zero-order valence-electron chi connectivity index (χ0n) is 20.6. The van der Waals surface area contributed by atoms with E-state index in [1.165, 1.54) is 95.8 Å². The van der Waals surface area contributed by atoms with Gasteiger partial charge >= 0.3 is 0 Å². The summed E-state index contributed by atoms with van der Waals surface area (Å²) in [4.78, 5) is 14.3. The summed E-state index contributed by atoms with van der Waals surface area (Å²) in [5.74, 6) is 2.99. The van der Waals surface area contributed by atoms with Gasteiger partial charge in [-0.15, -0.1) is 24.0 Å². The number of anilines is 1. The molecule has 0 atom stereocenters. The standard InChI is InChI=1S/C26H44N6.HI/c1-27-26(30-24-12-17-31(18-13-24)21-22-9-5-4-6-10-22)29-20-23-11-14-28-25(19-23)32-15-7-2-3-8-16-32;/h11,14,19,22,24H,2-10,12-13,15-18,20-21H2,1H3,(H2,27,29,30);1H. The quantitative estimate of drug-likeness (QED) is 0.294. The Hall–Kier alpha value is -1.09. The van der Waals surface area contributed by atoms with E-state index in [-0.39, 0.29) is 24.0 Å². The first-order chi connectivity index (χ1) is 15.8. The zero-order chi connectivity index (χ0) is 22.0. The lowest BCUT2D eigenvalue weighted by molar-refractivity contribution is 0.160. The van der Waals surface area contributed by atoms with Gasteiger partial charge < -0.3 is 20.4 Å². The van der Waals surface area contributed by atoms with Gasteiger partial charge in [0.05, 0.1) is 0 Å². The number of aromatic nitrogens is 1. The van der Waals surface area contributed by atoms with Gasteiger partial charge in [0.25, 0.3) is 0 Å². The van der Waals surface area contributed by atoms with E-state index >= 15 is 0 Å². The van der Waals surface area contributed by atoms with Crippen molar-refractivity contribution in [1.82, 2.24) is 20.5 Å². The van der Waals surface area contributed by atoms with Crippen LogP contribution in [0.4, 0.5) is 5.82 Å². The Balaban J connectivity index is 0.00000306. The average molecular weight is 569 g/mol. The van der Waals surface area contributed by atoms with Gasteiger partial charge in [-0.05, 0) is 62.1 Å². The first kappa shape index (κ1) is 26.5. The van der Waals surface area contributed by atoms with E-state index in [9.17, 15) is 0 Å². The van der Waals surface area contributed by atoms with Gasteiger partial charge in [0.1, 0.15) is 5.82 Å². The highest BCUT2D eigenvalue weighted by Crippen LogP contribution is 2.25. The molecule has 3 fully saturated rings. The minimum absolute atomic E-state index is 0. The third kappa shape index (κ3) is 8.57. The largest absolute Gasteiger partial charge is 0.357 e. The number of likely N-dealkylation sites (tertiary alicyclic amines) is 1. The Morgan fingerprint density at radius 1 is 0.970 bits per heavy atom. The molecule has 0 spiro atoms. The maximum atomic E-state index is 4.64. The van der Waals surface area contributed by atoms with Crippen LogP contribution in [0.25, 0.3) is 0 Å². The molecule has 1 saturated carbocycles. The fourth-order valence-corrected chi connectivity index (χ4v) is 5.61. The first-order valence-electron chi connectivity index (χ1n) is 13.2. The molecule has 0 bridgehead atoms. The monoisotopic (exact) mass is 568 g/mol. The second kappa shape index (κ2) is 14.3. The number of rotatable bonds is 6. The fraction of sp³-hybridized carbons (Fsp3) is 0.769. The number of pyridine rings is 1. The lowest BCUT2D eigenvalue weighted by Gasteiger charge is -2.36. The van der Waals surface area contributed by atoms with Crippen molar-refractivity contribution in [3.05, 3.63) is 23.9 Å². The smallest absolute Gasteiger partial charge is 0.191 e. The average Bonchev–Trinajstić information content (AvgIpc) is 3.13. The molecule has 2 saturated heterocycles. The highest BCUT2D eigenvalue weighted by molar-refractivity contribution is 14.0. The van der Waals surface area contributed by atoms with E-state index < -0.39 is 0 Å². The molecule has 0 aromatic carbocycles. The summed E-state index contributed by atoms with van der Waals surface area (Å²) in [6.07, 6.45) is 16.9. The third-order valence-electron chi connectivity index (χ3n) is 7.59. The van der Waals surface area contributed by atoms with Crippen LogP contribution in [-0.4, -0.2) is 61.7 Å². The second-order valence-corrected chi connectivity index (χ2v) is 10.1. The molecule has 0 radical (unpaired) electrons. The van der Waals surface area contributed by atoms with Crippen molar-refractivity contribution in [1.29, 1.82) is 0 Å². The van der Waals surface area contributed by atoms with E-state index in [1.807, 2.05) is 13.2 Å². The number of aliphatic imine (C=N–C) groups is 1. The van der Waals surface area contributed by atoms with Crippen LogP contribution in [0.15, 0.2) is 23.3 Å². The SMILES string of the molecule is CN=C(NCc1ccnc(N2CCCCCC2)c1)NC1CCN(CC2CCCCC2)CC1.I. The van der Waals surface area contributed by atoms with Crippen molar-refractivity contribution in [3.63, 3.8) is 0 Å². The van der Waals surface area contributed by atoms with Crippen molar-refractivity contribution >= 4 is 35.8 Å². The molecule has 2 N–H and O–H groups in total. The topological polar surface area (TPSA) is 55.8 Å². The normalized spacial score (nSPS) is 21.8. The van der Waals surface area contributed by atoms with Gasteiger partial charge in [-0.1, -0.05) is 32.1 Å². The van der Waals surface area contributed by atoms with Crippen molar-refractivity contribution in [2.45, 2.75) is 83.2 Å². The third-order valence-corrected chi connectivity index (χ3v) is 7.59. The Bertz CT molecular complexity index is 704. The summed E-state index contributed by atoms with van der Waals surface area (Å²) in [6.45, 7) is 6.80. The summed E-state index contributed by atoms with van der Waals surface area (Å²) in [5, 5.41) is 7.20.